The molecule has 0 spiro atoms. The van der Waals surface area contributed by atoms with E-state index in [0.29, 0.717) is 26.3 Å². The average molecular weight is 391 g/mol. The van der Waals surface area contributed by atoms with Crippen molar-refractivity contribution >= 4 is 43.2 Å². The van der Waals surface area contributed by atoms with Crippen LogP contribution in [-0.2, 0) is 10.0 Å². The van der Waals surface area contributed by atoms with Crippen LogP contribution in [-0.4, -0.2) is 13.5 Å². The summed E-state index contributed by atoms with van der Waals surface area (Å²) in [5.41, 5.74) is 1.50. The first-order valence-electron chi connectivity index (χ1n) is 5.99. The van der Waals surface area contributed by atoms with Crippen LogP contribution in [0, 0.1) is 13.8 Å². The van der Waals surface area contributed by atoms with E-state index < -0.39 is 10.0 Å². The number of nitrogens with one attached hydrogen (secondary N) is 1. The molecule has 0 radical (unpaired) electrons. The van der Waals surface area contributed by atoms with E-state index >= 15 is 0 Å². The highest BCUT2D eigenvalue weighted by molar-refractivity contribution is 9.10. The van der Waals surface area contributed by atoms with Crippen molar-refractivity contribution in [2.75, 3.05) is 4.72 Å². The first kappa shape index (κ1) is 16.1. The van der Waals surface area contributed by atoms with E-state index in [1.807, 2.05) is 0 Å². The molecule has 2 N–H and O–H groups in total. The third-order valence-corrected chi connectivity index (χ3v) is 5.66. The molecule has 4 nitrogen and oxygen atoms in total. The summed E-state index contributed by atoms with van der Waals surface area (Å²) in [5.74, 6) is 0.0764. The first-order chi connectivity index (χ1) is 9.72. The average Bonchev–Trinajstić information content (AvgIpc) is 2.42. The molecule has 7 heteroatoms. The van der Waals surface area contributed by atoms with E-state index in [0.717, 1.165) is 0 Å². The minimum absolute atomic E-state index is 0.0764. The Morgan fingerprint density at radius 2 is 1.86 bits per heavy atom. The van der Waals surface area contributed by atoms with Crippen molar-refractivity contribution in [3.8, 4) is 5.75 Å². The number of anilines is 1. The number of phenols is 1. The van der Waals surface area contributed by atoms with Gasteiger partial charge in [0.25, 0.3) is 10.0 Å². The second-order valence-electron chi connectivity index (χ2n) is 4.59. The van der Waals surface area contributed by atoms with Gasteiger partial charge < -0.3 is 5.11 Å². The van der Waals surface area contributed by atoms with Crippen molar-refractivity contribution in [2.45, 2.75) is 18.7 Å². The summed E-state index contributed by atoms with van der Waals surface area (Å²) in [6.45, 7) is 3.40. The van der Waals surface area contributed by atoms with Crippen molar-refractivity contribution in [2.24, 2.45) is 0 Å². The lowest BCUT2D eigenvalue weighted by molar-refractivity contribution is 0.467. The number of hydrogen-bond donors (Lipinski definition) is 2. The van der Waals surface area contributed by atoms with Crippen LogP contribution in [0.25, 0.3) is 0 Å². The molecule has 112 valence electrons. The second-order valence-corrected chi connectivity index (χ2v) is 7.53. The van der Waals surface area contributed by atoms with Crippen LogP contribution in [0.1, 0.15) is 11.1 Å². The van der Waals surface area contributed by atoms with E-state index in [1.54, 1.807) is 26.0 Å². The van der Waals surface area contributed by atoms with Gasteiger partial charge >= 0.3 is 0 Å². The lowest BCUT2D eigenvalue weighted by atomic mass is 10.1. The summed E-state index contributed by atoms with van der Waals surface area (Å²) >= 11 is 9.05. The smallest absolute Gasteiger partial charge is 0.261 e. The van der Waals surface area contributed by atoms with Gasteiger partial charge in [-0.3, -0.25) is 4.72 Å². The molecule has 0 saturated heterocycles. The minimum Gasteiger partial charge on any atom is -0.507 e. The van der Waals surface area contributed by atoms with Crippen molar-refractivity contribution in [1.29, 1.82) is 0 Å². The Balaban J connectivity index is 2.42. The highest BCUT2D eigenvalue weighted by Gasteiger charge is 2.17. The number of aryl methyl sites for hydroxylation is 1. The SMILES string of the molecule is Cc1ccc(NS(=O)(=O)c2ccc(Cl)c(Br)c2)c(C)c1O. The molecule has 0 saturated carbocycles. The van der Waals surface area contributed by atoms with E-state index in [1.165, 1.54) is 18.2 Å². The van der Waals surface area contributed by atoms with E-state index in [4.69, 9.17) is 11.6 Å². The first-order valence-corrected chi connectivity index (χ1v) is 8.65. The summed E-state index contributed by atoms with van der Waals surface area (Å²) in [5, 5.41) is 10.3. The topological polar surface area (TPSA) is 66.4 Å². The number of benzene rings is 2. The van der Waals surface area contributed by atoms with Crippen LogP contribution < -0.4 is 4.72 Å². The van der Waals surface area contributed by atoms with Gasteiger partial charge in [-0.1, -0.05) is 17.7 Å². The fourth-order valence-corrected chi connectivity index (χ4v) is 3.59. The number of halogens is 2. The number of phenolic OH excluding ortho intramolecular Hbond substituents is 1. The third kappa shape index (κ3) is 3.33. The third-order valence-electron chi connectivity index (χ3n) is 3.08. The summed E-state index contributed by atoms with van der Waals surface area (Å²) in [4.78, 5) is 0.0817. The van der Waals surface area contributed by atoms with Crippen LogP contribution in [0.15, 0.2) is 39.7 Å². The summed E-state index contributed by atoms with van der Waals surface area (Å²) in [6, 6.07) is 7.61. The Labute approximate surface area is 136 Å². The van der Waals surface area contributed by atoms with Crippen LogP contribution in [0.5, 0.6) is 5.75 Å². The van der Waals surface area contributed by atoms with Gasteiger partial charge in [-0.05, 0) is 59.6 Å². The van der Waals surface area contributed by atoms with Crippen molar-refractivity contribution in [1.82, 2.24) is 0 Å². The van der Waals surface area contributed by atoms with Gasteiger partial charge in [-0.15, -0.1) is 0 Å². The molecule has 0 fully saturated rings. The number of sulfonamides is 1. The number of rotatable bonds is 3. The molecule has 0 heterocycles. The molecule has 0 amide bonds. The molecule has 0 aromatic heterocycles. The summed E-state index contributed by atoms with van der Waals surface area (Å²) in [6.07, 6.45) is 0. The highest BCUT2D eigenvalue weighted by Crippen LogP contribution is 2.31. The van der Waals surface area contributed by atoms with Crippen LogP contribution in [0.3, 0.4) is 0 Å². The van der Waals surface area contributed by atoms with E-state index in [-0.39, 0.29) is 10.6 Å². The normalized spacial score (nSPS) is 11.4. The van der Waals surface area contributed by atoms with Gasteiger partial charge in [0.15, 0.2) is 0 Å². The lowest BCUT2D eigenvalue weighted by Gasteiger charge is -2.13. The zero-order chi connectivity index (χ0) is 15.8. The largest absolute Gasteiger partial charge is 0.507 e. The molecule has 0 unspecified atom stereocenters. The molecule has 0 aliphatic rings. The fourth-order valence-electron chi connectivity index (χ4n) is 1.79. The maximum absolute atomic E-state index is 12.4. The monoisotopic (exact) mass is 389 g/mol. The highest BCUT2D eigenvalue weighted by atomic mass is 79.9. The Morgan fingerprint density at radius 3 is 2.48 bits per heavy atom. The summed E-state index contributed by atoms with van der Waals surface area (Å²) in [7, 11) is -3.75. The lowest BCUT2D eigenvalue weighted by Crippen LogP contribution is -2.14. The number of hydrogen-bond acceptors (Lipinski definition) is 3. The molecule has 2 aromatic carbocycles. The Hall–Kier alpha value is -1.24. The molecule has 2 rings (SSSR count). The molecule has 2 aromatic rings. The molecule has 0 bridgehead atoms. The molecule has 0 aliphatic carbocycles. The Morgan fingerprint density at radius 1 is 1.19 bits per heavy atom. The number of aromatic hydroxyl groups is 1. The molecular formula is C14H13BrClNO3S. The van der Waals surface area contributed by atoms with E-state index in [2.05, 4.69) is 20.7 Å². The van der Waals surface area contributed by atoms with Gasteiger partial charge in [-0.25, -0.2) is 8.42 Å². The molecule has 21 heavy (non-hydrogen) atoms. The maximum atomic E-state index is 12.4. The fraction of sp³-hybridized carbons (Fsp3) is 0.143. The van der Waals surface area contributed by atoms with Crippen LogP contribution in [0.2, 0.25) is 5.02 Å². The zero-order valence-corrected chi connectivity index (χ0v) is 14.5. The molecular weight excluding hydrogens is 378 g/mol. The quantitative estimate of drug-likeness (QED) is 0.824. The van der Waals surface area contributed by atoms with Gasteiger partial charge in [-0.2, -0.15) is 0 Å². The van der Waals surface area contributed by atoms with Gasteiger partial charge in [0.1, 0.15) is 5.75 Å². The van der Waals surface area contributed by atoms with Gasteiger partial charge in [0.05, 0.1) is 15.6 Å². The van der Waals surface area contributed by atoms with Crippen molar-refractivity contribution < 1.29 is 13.5 Å². The standard InChI is InChI=1S/C14H13BrClNO3S/c1-8-3-6-13(9(2)14(8)18)17-21(19,20)10-4-5-12(16)11(15)7-10/h3-7,17-18H,1-2H3. The second kappa shape index (κ2) is 5.87. The molecule has 0 aliphatic heterocycles. The van der Waals surface area contributed by atoms with Crippen molar-refractivity contribution in [3.05, 3.63) is 51.0 Å². The Kier molecular flexibility index (Phi) is 4.51. The van der Waals surface area contributed by atoms with E-state index in [9.17, 15) is 13.5 Å². The molecule has 0 atom stereocenters. The van der Waals surface area contributed by atoms with Crippen LogP contribution in [0.4, 0.5) is 5.69 Å². The maximum Gasteiger partial charge on any atom is 0.261 e. The van der Waals surface area contributed by atoms with Gasteiger partial charge in [0.2, 0.25) is 0 Å². The van der Waals surface area contributed by atoms with Gasteiger partial charge in [0, 0.05) is 10.0 Å². The predicted molar refractivity (Wildman–Crippen MR) is 87.5 cm³/mol. The Bertz CT molecular complexity index is 806. The van der Waals surface area contributed by atoms with Crippen LogP contribution >= 0.6 is 27.5 Å². The summed E-state index contributed by atoms with van der Waals surface area (Å²) < 4.78 is 27.7. The predicted octanol–water partition coefficient (Wildman–Crippen LogP) is 4.23. The van der Waals surface area contributed by atoms with Crippen molar-refractivity contribution in [3.63, 3.8) is 0 Å². The minimum atomic E-state index is -3.75. The zero-order valence-electron chi connectivity index (χ0n) is 11.3.